The van der Waals surface area contributed by atoms with Crippen molar-refractivity contribution < 1.29 is 0 Å². The highest BCUT2D eigenvalue weighted by atomic mass is 35.5. The summed E-state index contributed by atoms with van der Waals surface area (Å²) in [5.74, 6) is 0.448. The van der Waals surface area contributed by atoms with Crippen molar-refractivity contribution in [2.24, 2.45) is 0 Å². The average Bonchev–Trinajstić information content (AvgIpc) is 3.02. The Morgan fingerprint density at radius 1 is 0.909 bits per heavy atom. The topological polar surface area (TPSA) is 69.5 Å². The van der Waals surface area contributed by atoms with Crippen molar-refractivity contribution in [1.29, 1.82) is 0 Å². The molecule has 1 atom stereocenters. The first-order valence-corrected chi connectivity index (χ1v) is 15.5. The molecule has 3 aromatic carbocycles. The number of aryl methyl sites for hydroxylation is 1. The predicted octanol–water partition coefficient (Wildman–Crippen LogP) is 6.15. The van der Waals surface area contributed by atoms with E-state index >= 15 is 0 Å². The third-order valence-corrected chi connectivity index (χ3v) is 9.20. The maximum atomic E-state index is 14.4. The minimum Gasteiger partial charge on any atom is -0.372 e. The Hall–Kier alpha value is -4.40. The molecule has 1 fully saturated rings. The molecule has 4 heterocycles. The zero-order valence-corrected chi connectivity index (χ0v) is 26.1. The van der Waals surface area contributed by atoms with Crippen LogP contribution in [0.4, 0.5) is 23.0 Å². The number of para-hydroxylation sites is 1. The molecule has 224 valence electrons. The predicted molar refractivity (Wildman–Crippen MR) is 181 cm³/mol. The zero-order chi connectivity index (χ0) is 30.4. The van der Waals surface area contributed by atoms with Gasteiger partial charge in [-0.25, -0.2) is 4.98 Å². The van der Waals surface area contributed by atoms with E-state index in [2.05, 4.69) is 87.6 Å². The Balaban J connectivity index is 1.28. The largest absolute Gasteiger partial charge is 0.372 e. The second kappa shape index (κ2) is 11.6. The average molecular weight is 606 g/mol. The van der Waals surface area contributed by atoms with Crippen LogP contribution in [0.15, 0.2) is 83.8 Å². The molecule has 0 bridgehead atoms. The van der Waals surface area contributed by atoms with E-state index in [1.165, 1.54) is 16.9 Å². The van der Waals surface area contributed by atoms with E-state index in [4.69, 9.17) is 16.6 Å². The number of hydrogen-bond donors (Lipinski definition) is 1. The van der Waals surface area contributed by atoms with Gasteiger partial charge in [0.1, 0.15) is 5.65 Å². The van der Waals surface area contributed by atoms with Gasteiger partial charge in [0.2, 0.25) is 5.95 Å². The Kier molecular flexibility index (Phi) is 7.48. The van der Waals surface area contributed by atoms with Crippen LogP contribution in [0.5, 0.6) is 0 Å². The molecule has 8 nitrogen and oxygen atoms in total. The first-order chi connectivity index (χ1) is 21.3. The minimum absolute atomic E-state index is 0.109. The monoisotopic (exact) mass is 605 g/mol. The van der Waals surface area contributed by atoms with Gasteiger partial charge < -0.3 is 20.0 Å². The SMILES string of the molecule is Cc1ccc(-c2cc3cnc(Nc4ccc(N5CCN(C)CC5)cc4)nc3n(C3Cc4ccccc4N(C)C3)c2=O)c(Cl)c1. The molecule has 0 aliphatic carbocycles. The number of nitrogens with zero attached hydrogens (tertiary/aromatic N) is 6. The van der Waals surface area contributed by atoms with Gasteiger partial charge >= 0.3 is 0 Å². The van der Waals surface area contributed by atoms with Gasteiger partial charge in [-0.05, 0) is 74.0 Å². The number of piperazine rings is 1. The van der Waals surface area contributed by atoms with Crippen molar-refractivity contribution in [3.05, 3.63) is 105 Å². The van der Waals surface area contributed by atoms with Gasteiger partial charge in [0, 0.05) is 84.6 Å². The first-order valence-electron chi connectivity index (χ1n) is 15.1. The van der Waals surface area contributed by atoms with Crippen LogP contribution in [0, 0.1) is 6.92 Å². The molecular weight excluding hydrogens is 570 g/mol. The summed E-state index contributed by atoms with van der Waals surface area (Å²) in [5.41, 5.74) is 7.30. The molecule has 2 aliphatic rings. The highest BCUT2D eigenvalue weighted by Crippen LogP contribution is 2.34. The van der Waals surface area contributed by atoms with Gasteiger partial charge in [0.15, 0.2) is 0 Å². The van der Waals surface area contributed by atoms with Crippen molar-refractivity contribution in [2.45, 2.75) is 19.4 Å². The van der Waals surface area contributed by atoms with Crippen LogP contribution in [0.1, 0.15) is 17.2 Å². The summed E-state index contributed by atoms with van der Waals surface area (Å²) >= 11 is 6.70. The maximum Gasteiger partial charge on any atom is 0.260 e. The summed E-state index contributed by atoms with van der Waals surface area (Å²) in [6.45, 7) is 6.83. The number of halogens is 1. The summed E-state index contributed by atoms with van der Waals surface area (Å²) < 4.78 is 1.86. The fraction of sp³-hybridized carbons (Fsp3) is 0.286. The van der Waals surface area contributed by atoms with E-state index in [-0.39, 0.29) is 11.6 Å². The molecule has 2 aromatic heterocycles. The number of benzene rings is 3. The molecule has 9 heteroatoms. The quantitative estimate of drug-likeness (QED) is 0.258. The van der Waals surface area contributed by atoms with Crippen LogP contribution >= 0.6 is 11.6 Å². The number of rotatable bonds is 5. The van der Waals surface area contributed by atoms with E-state index < -0.39 is 0 Å². The van der Waals surface area contributed by atoms with Gasteiger partial charge in [-0.3, -0.25) is 9.36 Å². The lowest BCUT2D eigenvalue weighted by Gasteiger charge is -2.35. The number of anilines is 4. The number of fused-ring (bicyclic) bond motifs is 2. The minimum atomic E-state index is -0.125. The number of aromatic nitrogens is 3. The van der Waals surface area contributed by atoms with Crippen LogP contribution in [-0.2, 0) is 6.42 Å². The second-order valence-corrected chi connectivity index (χ2v) is 12.4. The van der Waals surface area contributed by atoms with Gasteiger partial charge in [-0.1, -0.05) is 41.9 Å². The van der Waals surface area contributed by atoms with Gasteiger partial charge in [0.25, 0.3) is 5.56 Å². The van der Waals surface area contributed by atoms with Crippen molar-refractivity contribution in [1.82, 2.24) is 19.4 Å². The standard InChI is InChI=1S/C35H36ClN7O/c1-23-8-13-29(31(36)18-23)30-20-25-21-37-35(38-26-9-11-27(12-10-26)42-16-14-40(2)15-17-42)39-33(25)43(34(30)44)28-19-24-6-4-5-7-32(24)41(3)22-28/h4-13,18,20-21,28H,14-17,19,22H2,1-3H3,(H,37,38,39). The second-order valence-electron chi connectivity index (χ2n) is 12.0. The zero-order valence-electron chi connectivity index (χ0n) is 25.3. The lowest BCUT2D eigenvalue weighted by atomic mass is 9.97. The van der Waals surface area contributed by atoms with Crippen LogP contribution in [0.2, 0.25) is 5.02 Å². The highest BCUT2D eigenvalue weighted by molar-refractivity contribution is 6.33. The molecular formula is C35H36ClN7O. The Morgan fingerprint density at radius 2 is 1.68 bits per heavy atom. The van der Waals surface area contributed by atoms with E-state index in [0.29, 0.717) is 34.3 Å². The lowest BCUT2D eigenvalue weighted by molar-refractivity contribution is 0.313. The normalized spacial score (nSPS) is 17.1. The third-order valence-electron chi connectivity index (χ3n) is 8.89. The Labute approximate surface area is 262 Å². The van der Waals surface area contributed by atoms with Crippen LogP contribution < -0.4 is 20.7 Å². The molecule has 0 amide bonds. The highest BCUT2D eigenvalue weighted by Gasteiger charge is 2.27. The van der Waals surface area contributed by atoms with Crippen LogP contribution in [0.3, 0.4) is 0 Å². The molecule has 0 saturated carbocycles. The number of nitrogens with one attached hydrogen (secondary N) is 1. The summed E-state index contributed by atoms with van der Waals surface area (Å²) in [7, 11) is 4.24. The number of likely N-dealkylation sites (N-methyl/N-ethyl adjacent to an activating group) is 2. The fourth-order valence-electron chi connectivity index (χ4n) is 6.46. The molecule has 7 rings (SSSR count). The number of hydrogen-bond acceptors (Lipinski definition) is 7. The Morgan fingerprint density at radius 3 is 2.45 bits per heavy atom. The third kappa shape index (κ3) is 5.40. The molecule has 5 aromatic rings. The number of pyridine rings is 1. The van der Waals surface area contributed by atoms with Crippen LogP contribution in [0.25, 0.3) is 22.2 Å². The van der Waals surface area contributed by atoms with Crippen molar-refractivity contribution in [3.63, 3.8) is 0 Å². The molecule has 0 radical (unpaired) electrons. The molecule has 44 heavy (non-hydrogen) atoms. The van der Waals surface area contributed by atoms with E-state index in [9.17, 15) is 4.79 Å². The summed E-state index contributed by atoms with van der Waals surface area (Å²) in [5, 5.41) is 4.71. The van der Waals surface area contributed by atoms with Gasteiger partial charge in [0.05, 0.1) is 6.04 Å². The summed E-state index contributed by atoms with van der Waals surface area (Å²) in [6, 6.07) is 24.3. The smallest absolute Gasteiger partial charge is 0.260 e. The van der Waals surface area contributed by atoms with E-state index in [1.54, 1.807) is 6.20 Å². The molecule has 1 saturated heterocycles. The fourth-order valence-corrected chi connectivity index (χ4v) is 6.80. The van der Waals surface area contributed by atoms with E-state index in [0.717, 1.165) is 49.2 Å². The maximum absolute atomic E-state index is 14.4. The van der Waals surface area contributed by atoms with E-state index in [1.807, 2.05) is 35.8 Å². The summed E-state index contributed by atoms with van der Waals surface area (Å²) in [6.07, 6.45) is 2.52. The molecule has 1 unspecified atom stereocenters. The lowest BCUT2D eigenvalue weighted by Crippen LogP contribution is -2.44. The van der Waals surface area contributed by atoms with Crippen LogP contribution in [-0.4, -0.2) is 66.3 Å². The van der Waals surface area contributed by atoms with Crippen molar-refractivity contribution in [2.75, 3.05) is 61.9 Å². The summed E-state index contributed by atoms with van der Waals surface area (Å²) in [4.78, 5) is 31.0. The molecule has 1 N–H and O–H groups in total. The molecule has 2 aliphatic heterocycles. The molecule has 0 spiro atoms. The first kappa shape index (κ1) is 28.4. The Bertz CT molecular complexity index is 1900. The van der Waals surface area contributed by atoms with Gasteiger partial charge in [-0.15, -0.1) is 0 Å². The van der Waals surface area contributed by atoms with Gasteiger partial charge in [-0.2, -0.15) is 4.98 Å². The van der Waals surface area contributed by atoms with Crippen molar-refractivity contribution in [3.8, 4) is 11.1 Å². The van der Waals surface area contributed by atoms with Crippen molar-refractivity contribution >= 4 is 45.6 Å².